The minimum Gasteiger partial charge on any atom is -0.462 e. The molecule has 0 aliphatic rings. The molecule has 0 bridgehead atoms. The fourth-order valence-electron chi connectivity index (χ4n) is 7.99. The van der Waals surface area contributed by atoms with E-state index in [0.29, 0.717) is 31.6 Å². The molecule has 0 aromatic carbocycles. The molecule has 438 valence electrons. The molecule has 0 heterocycles. The fraction of sp³-hybridized carbons (Fsp3) is 0.927. The Morgan fingerprint density at radius 3 is 0.919 bits per heavy atom. The van der Waals surface area contributed by atoms with Crippen LogP contribution in [0.2, 0.25) is 0 Å². The molecular weight excluding hydrogens is 995 g/mol. The van der Waals surface area contributed by atoms with Gasteiger partial charge in [-0.05, 0) is 31.6 Å². The van der Waals surface area contributed by atoms with Crippen molar-refractivity contribution < 1.29 is 80.2 Å². The minimum absolute atomic E-state index is 0.104. The number of phosphoric ester groups is 2. The molecule has 17 nitrogen and oxygen atoms in total. The highest BCUT2D eigenvalue weighted by atomic mass is 31.2. The molecule has 19 heteroatoms. The van der Waals surface area contributed by atoms with Crippen LogP contribution in [0.15, 0.2) is 0 Å². The Hall–Kier alpha value is -1.94. The molecule has 0 rings (SSSR count). The zero-order chi connectivity index (χ0) is 55.0. The van der Waals surface area contributed by atoms with E-state index in [0.717, 1.165) is 109 Å². The van der Waals surface area contributed by atoms with Crippen molar-refractivity contribution in [2.75, 3.05) is 39.6 Å². The SMILES string of the molecule is CCCCCCCCCCCCCC(=O)O[C@H](COC(=O)CCCCCCCCCC(C)C)COP(=O)(O)OC[C@@H](O)COP(=O)(O)OC[C@@H](COC(=O)CCCCCCC)OC(=O)CCCCCCCCCC. The zero-order valence-electron chi connectivity index (χ0n) is 47.0. The standard InChI is InChI=1S/C55H106O17P2/c1-6-9-12-15-17-19-20-21-25-31-36-41-55(60)72-51(45-66-53(58)39-34-29-26-22-23-28-32-37-48(4)5)47-70-74(63,64)68-43-49(56)42-67-73(61,62)69-46-50(44-65-52(57)38-33-27-14-11-8-3)71-54(59)40-35-30-24-18-16-13-10-7-2/h48-51,56H,6-47H2,1-5H3,(H,61,62)(H,63,64)/t49-,50+,51+/m0/s1. The van der Waals surface area contributed by atoms with Gasteiger partial charge < -0.3 is 33.8 Å². The number of rotatable bonds is 55. The van der Waals surface area contributed by atoms with Crippen molar-refractivity contribution in [1.82, 2.24) is 0 Å². The molecule has 0 saturated heterocycles. The molecule has 74 heavy (non-hydrogen) atoms. The van der Waals surface area contributed by atoms with Crippen molar-refractivity contribution in [3.63, 3.8) is 0 Å². The van der Waals surface area contributed by atoms with Gasteiger partial charge in [-0.25, -0.2) is 9.13 Å². The van der Waals surface area contributed by atoms with Crippen molar-refractivity contribution in [3.8, 4) is 0 Å². The van der Waals surface area contributed by atoms with E-state index < -0.39 is 97.5 Å². The van der Waals surface area contributed by atoms with Crippen LogP contribution in [0.1, 0.15) is 266 Å². The Bertz CT molecular complexity index is 1470. The molecule has 0 saturated carbocycles. The molecule has 0 amide bonds. The molecule has 0 aromatic rings. The van der Waals surface area contributed by atoms with Gasteiger partial charge in [0.1, 0.15) is 19.3 Å². The largest absolute Gasteiger partial charge is 0.472 e. The van der Waals surface area contributed by atoms with Gasteiger partial charge in [0.25, 0.3) is 0 Å². The lowest BCUT2D eigenvalue weighted by molar-refractivity contribution is -0.161. The zero-order valence-corrected chi connectivity index (χ0v) is 48.7. The van der Waals surface area contributed by atoms with Crippen LogP contribution in [0.3, 0.4) is 0 Å². The second kappa shape index (κ2) is 49.4. The first-order valence-electron chi connectivity index (χ1n) is 29.1. The topological polar surface area (TPSA) is 237 Å². The molecule has 0 radical (unpaired) electrons. The maximum atomic E-state index is 12.9. The first kappa shape index (κ1) is 72.1. The summed E-state index contributed by atoms with van der Waals surface area (Å²) in [4.78, 5) is 71.4. The second-order valence-electron chi connectivity index (χ2n) is 20.4. The molecule has 2 unspecified atom stereocenters. The lowest BCUT2D eigenvalue weighted by Gasteiger charge is -2.21. The summed E-state index contributed by atoms with van der Waals surface area (Å²) in [7, 11) is -9.85. The van der Waals surface area contributed by atoms with Crippen molar-refractivity contribution >= 4 is 39.5 Å². The van der Waals surface area contributed by atoms with Crippen molar-refractivity contribution in [2.45, 2.75) is 284 Å². The highest BCUT2D eigenvalue weighted by molar-refractivity contribution is 7.47. The van der Waals surface area contributed by atoms with Gasteiger partial charge >= 0.3 is 39.5 Å². The van der Waals surface area contributed by atoms with Gasteiger partial charge in [0.15, 0.2) is 12.2 Å². The summed E-state index contributed by atoms with van der Waals surface area (Å²) < 4.78 is 67.3. The predicted octanol–water partition coefficient (Wildman–Crippen LogP) is 14.3. The van der Waals surface area contributed by atoms with Gasteiger partial charge in [0, 0.05) is 25.7 Å². The molecule has 0 aliphatic heterocycles. The average molecular weight is 1100 g/mol. The van der Waals surface area contributed by atoms with Crippen molar-refractivity contribution in [2.24, 2.45) is 5.92 Å². The van der Waals surface area contributed by atoms with Crippen LogP contribution >= 0.6 is 15.6 Å². The van der Waals surface area contributed by atoms with E-state index in [1.165, 1.54) is 70.6 Å². The summed E-state index contributed by atoms with van der Waals surface area (Å²) in [5.74, 6) is -1.45. The highest BCUT2D eigenvalue weighted by Crippen LogP contribution is 2.45. The quantitative estimate of drug-likeness (QED) is 0.0222. The van der Waals surface area contributed by atoms with E-state index in [-0.39, 0.29) is 25.7 Å². The normalized spacial score (nSPS) is 14.5. The van der Waals surface area contributed by atoms with Gasteiger partial charge in [-0.3, -0.25) is 37.3 Å². The van der Waals surface area contributed by atoms with E-state index in [2.05, 4.69) is 34.6 Å². The first-order chi connectivity index (χ1) is 35.5. The van der Waals surface area contributed by atoms with E-state index in [4.69, 9.17) is 37.0 Å². The molecule has 0 aromatic heterocycles. The molecule has 0 fully saturated rings. The van der Waals surface area contributed by atoms with Crippen molar-refractivity contribution in [3.05, 3.63) is 0 Å². The number of hydrogen-bond acceptors (Lipinski definition) is 15. The number of aliphatic hydroxyl groups excluding tert-OH is 1. The molecule has 5 atom stereocenters. The summed E-state index contributed by atoms with van der Waals surface area (Å²) in [6.07, 6.45) is 29.8. The van der Waals surface area contributed by atoms with Crippen LogP contribution in [0.5, 0.6) is 0 Å². The summed E-state index contributed by atoms with van der Waals surface area (Å²) in [5.41, 5.74) is 0. The van der Waals surface area contributed by atoms with Crippen LogP contribution in [0.25, 0.3) is 0 Å². The van der Waals surface area contributed by atoms with Crippen molar-refractivity contribution in [1.29, 1.82) is 0 Å². The number of ether oxygens (including phenoxy) is 4. The number of unbranched alkanes of at least 4 members (excludes halogenated alkanes) is 27. The third-order valence-corrected chi connectivity index (χ3v) is 14.4. The molecule has 0 spiro atoms. The number of carbonyl (C=O) groups excluding carboxylic acids is 4. The smallest absolute Gasteiger partial charge is 0.462 e. The average Bonchev–Trinajstić information content (AvgIpc) is 3.36. The Balaban J connectivity index is 5.18. The Labute approximate surface area is 447 Å². The Morgan fingerprint density at radius 2 is 0.622 bits per heavy atom. The Kier molecular flexibility index (Phi) is 48.1. The van der Waals surface area contributed by atoms with E-state index >= 15 is 0 Å². The lowest BCUT2D eigenvalue weighted by atomic mass is 10.0. The van der Waals surface area contributed by atoms with Gasteiger partial charge in [-0.15, -0.1) is 0 Å². The summed E-state index contributed by atoms with van der Waals surface area (Å²) in [6.45, 7) is 6.95. The third-order valence-electron chi connectivity index (χ3n) is 12.5. The van der Waals surface area contributed by atoms with Crippen LogP contribution in [-0.4, -0.2) is 96.7 Å². The van der Waals surface area contributed by atoms with Gasteiger partial charge in [0.05, 0.1) is 26.4 Å². The Morgan fingerprint density at radius 1 is 0.365 bits per heavy atom. The maximum absolute atomic E-state index is 12.9. The number of esters is 4. The predicted molar refractivity (Wildman–Crippen MR) is 289 cm³/mol. The number of phosphoric acid groups is 2. The second-order valence-corrected chi connectivity index (χ2v) is 23.4. The summed E-state index contributed by atoms with van der Waals surface area (Å²) >= 11 is 0. The monoisotopic (exact) mass is 1100 g/mol. The van der Waals surface area contributed by atoms with Crippen LogP contribution in [0, 0.1) is 5.92 Å². The number of carbonyl (C=O) groups is 4. The lowest BCUT2D eigenvalue weighted by Crippen LogP contribution is -2.30. The van der Waals surface area contributed by atoms with Gasteiger partial charge in [-0.2, -0.15) is 0 Å². The molecule has 0 aliphatic carbocycles. The molecule has 3 N–H and O–H groups in total. The molecular formula is C55H106O17P2. The van der Waals surface area contributed by atoms with Gasteiger partial charge in [-0.1, -0.05) is 214 Å². The fourth-order valence-corrected chi connectivity index (χ4v) is 9.57. The number of hydrogen-bond donors (Lipinski definition) is 3. The summed E-state index contributed by atoms with van der Waals surface area (Å²) in [6, 6.07) is 0. The van der Waals surface area contributed by atoms with E-state index in [1.54, 1.807) is 0 Å². The van der Waals surface area contributed by atoms with Gasteiger partial charge in [0.2, 0.25) is 0 Å². The van der Waals surface area contributed by atoms with Crippen LogP contribution in [-0.2, 0) is 65.4 Å². The third kappa shape index (κ3) is 49.6. The van der Waals surface area contributed by atoms with Crippen LogP contribution in [0.4, 0.5) is 0 Å². The maximum Gasteiger partial charge on any atom is 0.472 e. The minimum atomic E-state index is -4.93. The van der Waals surface area contributed by atoms with E-state index in [9.17, 15) is 43.2 Å². The summed E-state index contributed by atoms with van der Waals surface area (Å²) in [5, 5.41) is 10.4. The highest BCUT2D eigenvalue weighted by Gasteiger charge is 2.30. The first-order valence-corrected chi connectivity index (χ1v) is 32.1. The van der Waals surface area contributed by atoms with Crippen LogP contribution < -0.4 is 0 Å². The van der Waals surface area contributed by atoms with E-state index in [1.807, 2.05) is 0 Å². The number of aliphatic hydroxyl groups is 1.